The molecule has 25 heavy (non-hydrogen) atoms. The van der Waals surface area contributed by atoms with Crippen LogP contribution in [0.1, 0.15) is 31.7 Å². The first-order chi connectivity index (χ1) is 12.0. The number of para-hydroxylation sites is 1. The first-order valence-electron chi connectivity index (χ1n) is 10.0. The summed E-state index contributed by atoms with van der Waals surface area (Å²) in [5.41, 5.74) is 2.54. The Morgan fingerprint density at radius 1 is 1.24 bits per heavy atom. The molecule has 6 aliphatic rings. The summed E-state index contributed by atoms with van der Waals surface area (Å²) >= 11 is 0. The topological polar surface area (TPSA) is 43.7 Å². The maximum Gasteiger partial charge on any atom is 0.193 e. The van der Waals surface area contributed by atoms with Gasteiger partial charge in [-0.2, -0.15) is 0 Å². The molecule has 4 nitrogen and oxygen atoms in total. The number of hydrogen-bond acceptors (Lipinski definition) is 3. The van der Waals surface area contributed by atoms with E-state index in [4.69, 9.17) is 0 Å². The molecular formula is C21H29N2O2+. The van der Waals surface area contributed by atoms with Crippen LogP contribution in [-0.4, -0.2) is 59.2 Å². The molecule has 10 atom stereocenters. The lowest BCUT2D eigenvalue weighted by Crippen LogP contribution is -2.81. The summed E-state index contributed by atoms with van der Waals surface area (Å²) in [6, 6.07) is 9.87. The van der Waals surface area contributed by atoms with E-state index in [0.29, 0.717) is 35.9 Å². The summed E-state index contributed by atoms with van der Waals surface area (Å²) in [7, 11) is 4.51. The van der Waals surface area contributed by atoms with Crippen LogP contribution in [0.4, 0.5) is 5.69 Å². The molecule has 134 valence electrons. The van der Waals surface area contributed by atoms with E-state index >= 15 is 0 Å². The van der Waals surface area contributed by atoms with Gasteiger partial charge >= 0.3 is 0 Å². The Morgan fingerprint density at radius 3 is 2.76 bits per heavy atom. The van der Waals surface area contributed by atoms with E-state index in [0.717, 1.165) is 23.7 Å². The van der Waals surface area contributed by atoms with Gasteiger partial charge in [-0.25, -0.2) is 0 Å². The van der Waals surface area contributed by atoms with Gasteiger partial charge in [0.25, 0.3) is 0 Å². The van der Waals surface area contributed by atoms with Crippen LogP contribution in [0.3, 0.4) is 0 Å². The molecule has 4 unspecified atom stereocenters. The number of benzene rings is 1. The van der Waals surface area contributed by atoms with E-state index in [9.17, 15) is 10.2 Å². The third-order valence-electron chi connectivity index (χ3n) is 9.39. The molecule has 1 spiro atoms. The molecule has 7 rings (SSSR count). The number of hydrogen-bond donors (Lipinski definition) is 2. The number of fused-ring (bicyclic) bond motifs is 2. The average Bonchev–Trinajstić information content (AvgIpc) is 2.99. The van der Waals surface area contributed by atoms with Gasteiger partial charge in [-0.3, -0.25) is 4.48 Å². The number of likely N-dealkylation sites (N-methyl/N-ethyl adjacent to an activating group) is 2. The van der Waals surface area contributed by atoms with E-state index in [1.807, 2.05) is 0 Å². The molecule has 1 aromatic carbocycles. The van der Waals surface area contributed by atoms with Gasteiger partial charge in [-0.1, -0.05) is 25.1 Å². The van der Waals surface area contributed by atoms with Gasteiger partial charge in [-0.15, -0.1) is 0 Å². The predicted octanol–water partition coefficient (Wildman–Crippen LogP) is 1.70. The van der Waals surface area contributed by atoms with Crippen LogP contribution in [0.15, 0.2) is 24.3 Å². The van der Waals surface area contributed by atoms with Gasteiger partial charge in [0.05, 0.1) is 30.7 Å². The van der Waals surface area contributed by atoms with Crippen LogP contribution in [0.2, 0.25) is 0 Å². The largest absolute Gasteiger partial charge is 0.392 e. The van der Waals surface area contributed by atoms with Crippen LogP contribution in [0, 0.1) is 17.8 Å². The number of aliphatic hydroxyl groups is 2. The van der Waals surface area contributed by atoms with Gasteiger partial charge in [-0.05, 0) is 24.0 Å². The van der Waals surface area contributed by atoms with Crippen molar-refractivity contribution >= 4 is 5.69 Å². The van der Waals surface area contributed by atoms with E-state index in [1.54, 1.807) is 0 Å². The molecule has 1 aromatic rings. The molecule has 0 radical (unpaired) electrons. The first-order valence-corrected chi connectivity index (χ1v) is 10.0. The van der Waals surface area contributed by atoms with Crippen molar-refractivity contribution in [1.29, 1.82) is 0 Å². The van der Waals surface area contributed by atoms with Crippen molar-refractivity contribution in [2.24, 2.45) is 17.8 Å². The lowest BCUT2D eigenvalue weighted by Gasteiger charge is -2.66. The molecular weight excluding hydrogens is 312 g/mol. The zero-order valence-corrected chi connectivity index (χ0v) is 15.3. The van der Waals surface area contributed by atoms with E-state index < -0.39 is 0 Å². The lowest BCUT2D eigenvalue weighted by atomic mass is 9.61. The fourth-order valence-electron chi connectivity index (χ4n) is 8.58. The van der Waals surface area contributed by atoms with Gasteiger partial charge in [0.1, 0.15) is 6.04 Å². The van der Waals surface area contributed by atoms with Crippen LogP contribution in [-0.2, 0) is 5.41 Å². The van der Waals surface area contributed by atoms with Gasteiger partial charge in [0, 0.05) is 37.4 Å². The van der Waals surface area contributed by atoms with Crippen molar-refractivity contribution in [1.82, 2.24) is 0 Å². The second-order valence-corrected chi connectivity index (χ2v) is 9.58. The van der Waals surface area contributed by atoms with Crippen LogP contribution >= 0.6 is 0 Å². The summed E-state index contributed by atoms with van der Waals surface area (Å²) in [5.74, 6) is 1.17. The molecule has 5 fully saturated rings. The molecule has 5 heterocycles. The van der Waals surface area contributed by atoms with Gasteiger partial charge in [0.15, 0.2) is 6.23 Å². The number of nitrogens with zero attached hydrogens (tertiary/aromatic N) is 2. The average molecular weight is 341 g/mol. The third-order valence-corrected chi connectivity index (χ3v) is 9.39. The second-order valence-electron chi connectivity index (χ2n) is 9.58. The highest BCUT2D eigenvalue weighted by atomic mass is 16.3. The normalized spacial score (nSPS) is 57.1. The minimum absolute atomic E-state index is 0.125. The quantitative estimate of drug-likeness (QED) is 0.764. The Labute approximate surface area is 149 Å². The highest BCUT2D eigenvalue weighted by Gasteiger charge is 2.82. The van der Waals surface area contributed by atoms with Gasteiger partial charge in [0.2, 0.25) is 0 Å². The number of piperidine rings is 4. The van der Waals surface area contributed by atoms with Crippen molar-refractivity contribution in [3.05, 3.63) is 29.8 Å². The van der Waals surface area contributed by atoms with Crippen LogP contribution < -0.4 is 4.90 Å². The third kappa shape index (κ3) is 1.27. The molecule has 1 aliphatic carbocycles. The minimum Gasteiger partial charge on any atom is -0.392 e. The number of rotatable bonds is 1. The van der Waals surface area contributed by atoms with Crippen LogP contribution in [0.25, 0.3) is 0 Å². The maximum atomic E-state index is 11.7. The molecule has 1 saturated carbocycles. The molecule has 0 amide bonds. The summed E-state index contributed by atoms with van der Waals surface area (Å²) in [6.07, 6.45) is 2.67. The Hall–Kier alpha value is -1.10. The zero-order chi connectivity index (χ0) is 17.3. The fourth-order valence-corrected chi connectivity index (χ4v) is 8.58. The van der Waals surface area contributed by atoms with E-state index in [1.165, 1.54) is 11.3 Å². The zero-order valence-electron chi connectivity index (χ0n) is 15.3. The Morgan fingerprint density at radius 2 is 2.00 bits per heavy atom. The smallest absolute Gasteiger partial charge is 0.193 e. The summed E-state index contributed by atoms with van der Waals surface area (Å²) < 4.78 is 0.779. The van der Waals surface area contributed by atoms with E-state index in [-0.39, 0.29) is 17.7 Å². The molecule has 4 saturated heterocycles. The molecule has 0 aromatic heterocycles. The molecule has 4 heteroatoms. The van der Waals surface area contributed by atoms with Crippen molar-refractivity contribution in [3.8, 4) is 0 Å². The summed E-state index contributed by atoms with van der Waals surface area (Å²) in [5, 5.41) is 23.1. The van der Waals surface area contributed by atoms with Gasteiger partial charge < -0.3 is 15.1 Å². The van der Waals surface area contributed by atoms with Crippen molar-refractivity contribution in [2.45, 2.75) is 62.1 Å². The van der Waals surface area contributed by atoms with E-state index in [2.05, 4.69) is 50.2 Å². The van der Waals surface area contributed by atoms with Crippen LogP contribution in [0.5, 0.6) is 0 Å². The lowest BCUT2D eigenvalue weighted by molar-refractivity contribution is -1.02. The SMILES string of the molecule is CC[C@@H]1[C@@H](O)[N+]2(C)C3C[C@H]1C1C(O)[C@]4(C[C@@H]12)c1ccccc1N(C)[C@@H]34. The number of anilines is 1. The second kappa shape index (κ2) is 4.24. The highest BCUT2D eigenvalue weighted by Crippen LogP contribution is 2.70. The van der Waals surface area contributed by atoms with Crippen molar-refractivity contribution in [3.63, 3.8) is 0 Å². The highest BCUT2D eigenvalue weighted by molar-refractivity contribution is 5.66. The Balaban J connectivity index is 1.63. The van der Waals surface area contributed by atoms with Crippen molar-refractivity contribution in [2.75, 3.05) is 19.0 Å². The molecule has 5 aliphatic heterocycles. The Bertz CT molecular complexity index is 768. The standard InChI is InChI=1S/C21H29N2O2/c1-4-11-12-9-15-18-21(13-7-5-6-8-14(13)22(18)2)10-16(17(12)19(21)24)23(15,3)20(11)25/h5-8,11-12,15-20,24-25H,4,9-10H2,1-3H3/q+1/t11-,12+,15?,16-,17?,18-,19?,20+,21+,23?/m0/s1. The minimum atomic E-state index is -0.273. The first kappa shape index (κ1) is 15.0. The monoisotopic (exact) mass is 341 g/mol. The molecule has 5 bridgehead atoms. The number of quaternary nitrogens is 1. The van der Waals surface area contributed by atoms with Crippen molar-refractivity contribution < 1.29 is 14.7 Å². The Kier molecular flexibility index (Phi) is 2.54. The summed E-state index contributed by atoms with van der Waals surface area (Å²) in [6.45, 7) is 2.21. The maximum absolute atomic E-state index is 11.7. The molecule has 2 N–H and O–H groups in total. The fraction of sp³-hybridized carbons (Fsp3) is 0.714. The number of aliphatic hydroxyl groups excluding tert-OH is 2. The predicted molar refractivity (Wildman–Crippen MR) is 96.1 cm³/mol. The summed E-state index contributed by atoms with van der Waals surface area (Å²) in [4.78, 5) is 2.44.